The van der Waals surface area contributed by atoms with Crippen LogP contribution in [0.15, 0.2) is 0 Å². The van der Waals surface area contributed by atoms with Gasteiger partial charge in [0.05, 0.1) is 0 Å². The molecule has 2 saturated carbocycles. The number of esters is 4. The van der Waals surface area contributed by atoms with Gasteiger partial charge in [0.1, 0.15) is 12.7 Å². The van der Waals surface area contributed by atoms with Crippen molar-refractivity contribution in [3.05, 3.63) is 6.61 Å². The molecule has 0 bridgehead atoms. The molecular formula is C24H39ClO9Ti+2. The average molecular weight is 555 g/mol. The fourth-order valence-corrected chi connectivity index (χ4v) is 3.78. The van der Waals surface area contributed by atoms with Gasteiger partial charge < -0.3 is 23.7 Å². The summed E-state index contributed by atoms with van der Waals surface area (Å²) in [5, 5.41) is 0. The molecule has 2 aliphatic carbocycles. The zero-order valence-corrected chi connectivity index (χ0v) is 23.5. The summed E-state index contributed by atoms with van der Waals surface area (Å²) in [6.45, 7) is 5.61. The molecule has 0 radical (unpaired) electrons. The Morgan fingerprint density at radius 3 is 1.40 bits per heavy atom. The van der Waals surface area contributed by atoms with Gasteiger partial charge in [-0.1, -0.05) is 64.2 Å². The summed E-state index contributed by atoms with van der Waals surface area (Å²) in [6, 6.07) is 0. The number of hydrogen-bond acceptors (Lipinski definition) is 9. The zero-order chi connectivity index (χ0) is 26.6. The molecule has 3 rings (SSSR count). The molecule has 0 amide bonds. The summed E-state index contributed by atoms with van der Waals surface area (Å²) >= 11 is 1.47. The Balaban J connectivity index is 0.000000775. The number of halogens is 1. The van der Waals surface area contributed by atoms with E-state index in [0.717, 1.165) is 20.5 Å². The Kier molecular flexibility index (Phi) is 20.3. The third-order valence-corrected chi connectivity index (χ3v) is 5.26. The second-order valence-electron chi connectivity index (χ2n) is 8.37. The van der Waals surface area contributed by atoms with Gasteiger partial charge >= 0.3 is 46.6 Å². The first-order chi connectivity index (χ1) is 16.7. The van der Waals surface area contributed by atoms with Crippen LogP contribution in [0.1, 0.15) is 91.9 Å². The number of carbonyl (C=O) groups excluding carboxylic acids is 4. The summed E-state index contributed by atoms with van der Waals surface area (Å²) in [5.74, 6) is -2.51. The molecule has 0 N–H and O–H groups in total. The van der Waals surface area contributed by atoms with E-state index < -0.39 is 48.3 Å². The predicted octanol–water partition coefficient (Wildman–Crippen LogP) is 4.49. The predicted molar refractivity (Wildman–Crippen MR) is 124 cm³/mol. The Labute approximate surface area is 224 Å². The van der Waals surface area contributed by atoms with Gasteiger partial charge in [0.25, 0.3) is 5.97 Å². The zero-order valence-electron chi connectivity index (χ0n) is 21.2. The van der Waals surface area contributed by atoms with Crippen molar-refractivity contribution in [1.29, 1.82) is 0 Å². The molecule has 3 aliphatic rings. The van der Waals surface area contributed by atoms with Crippen LogP contribution in [0.4, 0.5) is 0 Å². The van der Waals surface area contributed by atoms with Crippen molar-refractivity contribution in [2.24, 2.45) is 0 Å². The summed E-state index contributed by atoms with van der Waals surface area (Å²) in [5.41, 5.74) is 0. The van der Waals surface area contributed by atoms with Gasteiger partial charge in [-0.25, -0.2) is 0 Å². The molecule has 0 aromatic rings. The van der Waals surface area contributed by atoms with E-state index in [1.54, 1.807) is 0 Å². The van der Waals surface area contributed by atoms with Crippen LogP contribution in [0, 0.1) is 6.61 Å². The molecule has 1 saturated heterocycles. The van der Waals surface area contributed by atoms with Crippen LogP contribution in [0.3, 0.4) is 0 Å². The molecule has 11 heteroatoms. The molecule has 35 heavy (non-hydrogen) atoms. The normalized spacial score (nSPS) is 24.7. The maximum absolute atomic E-state index is 11.3. The van der Waals surface area contributed by atoms with Crippen molar-refractivity contribution >= 4 is 33.2 Å². The van der Waals surface area contributed by atoms with Gasteiger partial charge in [-0.2, -0.15) is 6.61 Å². The van der Waals surface area contributed by atoms with E-state index in [9.17, 15) is 19.2 Å². The van der Waals surface area contributed by atoms with Gasteiger partial charge in [0.2, 0.25) is 0 Å². The molecule has 4 atom stereocenters. The SMILES string of the molecule is C1CCCC1.C1CCCC1.CC(=O)OC[C@H]1O[CH-][C@@H](OC(C)=O)[C@@H](OC(C)=O)[C@@H]1OC(C)=O.[Cl][Ti+3]. The van der Waals surface area contributed by atoms with E-state index in [4.69, 9.17) is 23.7 Å². The van der Waals surface area contributed by atoms with E-state index in [-0.39, 0.29) is 6.61 Å². The first-order valence-corrected chi connectivity index (χ1v) is 14.2. The van der Waals surface area contributed by atoms with Crippen molar-refractivity contribution in [1.82, 2.24) is 0 Å². The summed E-state index contributed by atoms with van der Waals surface area (Å²) in [6.07, 6.45) is 10.8. The molecule has 1 heterocycles. The van der Waals surface area contributed by atoms with Crippen LogP contribution in [0.5, 0.6) is 0 Å². The average Bonchev–Trinajstić information content (AvgIpc) is 3.55. The Bertz CT molecular complexity index is 599. The second kappa shape index (κ2) is 21.0. The Morgan fingerprint density at radius 2 is 1.06 bits per heavy atom. The fourth-order valence-electron chi connectivity index (χ4n) is 3.78. The van der Waals surface area contributed by atoms with Crippen molar-refractivity contribution < 1.29 is 62.2 Å². The summed E-state index contributed by atoms with van der Waals surface area (Å²) < 4.78 is 25.4. The number of hydrogen-bond donors (Lipinski definition) is 0. The minimum absolute atomic E-state index is 0.228. The molecule has 0 unspecified atom stereocenters. The third kappa shape index (κ3) is 17.0. The number of rotatable bonds is 5. The van der Waals surface area contributed by atoms with Crippen LogP contribution in [-0.4, -0.2) is 54.9 Å². The van der Waals surface area contributed by atoms with Gasteiger partial charge in [-0.15, -0.1) is 0 Å². The van der Waals surface area contributed by atoms with Crippen LogP contribution in [-0.2, 0) is 62.2 Å². The second-order valence-corrected chi connectivity index (χ2v) is 8.37. The molecule has 3 fully saturated rings. The molecular weight excluding hydrogens is 516 g/mol. The van der Waals surface area contributed by atoms with Crippen molar-refractivity contribution in [3.8, 4) is 0 Å². The molecule has 0 aromatic carbocycles. The van der Waals surface area contributed by atoms with Crippen LogP contribution in [0.25, 0.3) is 0 Å². The summed E-state index contributed by atoms with van der Waals surface area (Å²) in [7, 11) is 4.64. The molecule has 198 valence electrons. The minimum atomic E-state index is -1.12. The molecule has 9 nitrogen and oxygen atoms in total. The van der Waals surface area contributed by atoms with E-state index in [1.165, 1.54) is 97.4 Å². The fraction of sp³-hybridized carbons (Fsp3) is 0.792. The molecule has 0 spiro atoms. The van der Waals surface area contributed by atoms with Crippen molar-refractivity contribution in [2.45, 2.75) is 116 Å². The van der Waals surface area contributed by atoms with E-state index in [0.29, 0.717) is 0 Å². The van der Waals surface area contributed by atoms with Gasteiger partial charge in [-0.3, -0.25) is 19.2 Å². The Morgan fingerprint density at radius 1 is 0.686 bits per heavy atom. The van der Waals surface area contributed by atoms with Crippen LogP contribution in [0.2, 0.25) is 0 Å². The monoisotopic (exact) mass is 554 g/mol. The number of carbonyl (C=O) groups is 4. The van der Waals surface area contributed by atoms with Gasteiger partial charge in [0, 0.05) is 33.8 Å². The van der Waals surface area contributed by atoms with Gasteiger partial charge in [0.15, 0.2) is 12.2 Å². The molecule has 1 aliphatic heterocycles. The van der Waals surface area contributed by atoms with E-state index in [2.05, 4.69) is 9.30 Å². The van der Waals surface area contributed by atoms with Crippen LogP contribution < -0.4 is 0 Å². The standard InChI is InChI=1S/C14H19O9.2C5H10.ClH.Ti/c1-7(15)19-5-11-13(22-9(3)17)14(23-10(4)18)12(6-20-11)21-8(2)16;2*1-2-4-5-3-1;;/h6,11-14H,5H2,1-4H3;2*1-5H2;1H;/q-1;;;;+4/p-1/t11-,12-,13-,14-;;;;/m1..../s1. The summed E-state index contributed by atoms with van der Waals surface area (Å²) in [4.78, 5) is 44.7. The third-order valence-electron chi connectivity index (χ3n) is 5.26. The topological polar surface area (TPSA) is 114 Å². The quantitative estimate of drug-likeness (QED) is 0.210. The first-order valence-electron chi connectivity index (χ1n) is 12.0. The van der Waals surface area contributed by atoms with E-state index >= 15 is 0 Å². The van der Waals surface area contributed by atoms with E-state index in [1.807, 2.05) is 0 Å². The maximum atomic E-state index is 11.3. The van der Waals surface area contributed by atoms with Crippen molar-refractivity contribution in [3.63, 3.8) is 0 Å². The number of ether oxygens (including phenoxy) is 5. The Hall–Kier alpha value is -1.16. The van der Waals surface area contributed by atoms with Crippen molar-refractivity contribution in [2.75, 3.05) is 6.61 Å². The molecule has 0 aromatic heterocycles. The van der Waals surface area contributed by atoms with Crippen LogP contribution >= 0.6 is 9.30 Å². The van der Waals surface area contributed by atoms with Gasteiger partial charge in [-0.05, 0) is 0 Å². The first kappa shape index (κ1) is 33.8.